The Morgan fingerprint density at radius 1 is 0.385 bits per heavy atom. The van der Waals surface area contributed by atoms with Crippen molar-refractivity contribution >= 4 is 76.6 Å². The minimum atomic E-state index is -1.57. The van der Waals surface area contributed by atoms with Crippen LogP contribution >= 0.6 is 0 Å². The van der Waals surface area contributed by atoms with Crippen molar-refractivity contribution in [1.29, 1.82) is 0 Å². The van der Waals surface area contributed by atoms with Gasteiger partial charge in [-0.2, -0.15) is 0 Å². The standard InChI is InChI=1S/C67H96N8O21/c1-48(76)45-53(77)23-20-49-18-21-52(22-19-49)71-61(81)29-34-92-38-40-95-42-44-96-43-41-94-39-37-91-33-28-59(79)69-31-35-93-36-32-70-63(84)56(46-50-13-7-5-8-14-50)73-64(85)57(47-51-15-9-6-10-16-51)72-60(80)17-11-3-2-4-12-30-68-58(78)26-24-54(65(86)87)74-67(90)75-55(66(88)89)25-27-62(82)83/h5-10,13-16,18-19,21-22,54-57H,2-4,11-12,17,20,23-47H2,1H3,(H,68,78)(H,69,79)(H,70,84)(H,71,81)(H,72,80)(H,73,85)(H,82,83)(H,86,87)(H,88,89)(H2,74,75,90)/t54-,55-,56-,57-/m0/s1. The molecular formula is C67H96N8O21. The van der Waals surface area contributed by atoms with Gasteiger partial charge in [-0.3, -0.25) is 43.2 Å². The fourth-order valence-electron chi connectivity index (χ4n) is 9.09. The summed E-state index contributed by atoms with van der Waals surface area (Å²) in [5.41, 5.74) is 3.16. The fourth-order valence-corrected chi connectivity index (χ4v) is 9.09. The molecule has 0 aliphatic carbocycles. The Bertz CT molecular complexity index is 2830. The van der Waals surface area contributed by atoms with E-state index in [1.165, 1.54) is 6.92 Å². The van der Waals surface area contributed by atoms with Crippen molar-refractivity contribution in [1.82, 2.24) is 37.2 Å². The van der Waals surface area contributed by atoms with Crippen LogP contribution in [0.25, 0.3) is 0 Å². The molecule has 3 aromatic carbocycles. The van der Waals surface area contributed by atoms with Crippen molar-refractivity contribution in [3.05, 3.63) is 102 Å². The number of Topliss-reactive ketones (excluding diaryl/α,β-unsaturated/α-hetero) is 2. The van der Waals surface area contributed by atoms with Gasteiger partial charge in [0.2, 0.25) is 35.4 Å². The number of carbonyl (C=O) groups is 12. The lowest BCUT2D eigenvalue weighted by Gasteiger charge is -2.24. The van der Waals surface area contributed by atoms with Gasteiger partial charge in [0.25, 0.3) is 0 Å². The summed E-state index contributed by atoms with van der Waals surface area (Å²) in [6, 6.07) is 19.3. The summed E-state index contributed by atoms with van der Waals surface area (Å²) in [5.74, 6) is -6.71. The molecule has 8 amide bonds. The first-order chi connectivity index (χ1) is 46.3. The van der Waals surface area contributed by atoms with E-state index in [1.807, 2.05) is 78.1 Å². The second kappa shape index (κ2) is 50.7. The fraction of sp³-hybridized carbons (Fsp3) is 0.552. The Morgan fingerprint density at radius 3 is 1.38 bits per heavy atom. The van der Waals surface area contributed by atoms with Gasteiger partial charge in [-0.05, 0) is 67.9 Å². The first-order valence-corrected chi connectivity index (χ1v) is 32.4. The minimum absolute atomic E-state index is 0.0496. The topological polar surface area (TPSA) is 417 Å². The third kappa shape index (κ3) is 41.2. The summed E-state index contributed by atoms with van der Waals surface area (Å²) in [5, 5.41) is 48.5. The second-order valence-electron chi connectivity index (χ2n) is 22.3. The molecule has 0 saturated heterocycles. The number of urea groups is 1. The average molecular weight is 1350 g/mol. The number of hydrogen-bond donors (Lipinski definition) is 11. The molecule has 0 unspecified atom stereocenters. The number of ether oxygens (including phenoxy) is 6. The van der Waals surface area contributed by atoms with Crippen molar-refractivity contribution in [2.24, 2.45) is 0 Å². The number of hydrogen-bond acceptors (Lipinski definition) is 18. The number of ketones is 2. The van der Waals surface area contributed by atoms with E-state index in [4.69, 9.17) is 33.5 Å². The number of carboxylic acid groups (broad SMARTS) is 3. The molecule has 4 atom stereocenters. The number of amides is 8. The number of anilines is 1. The molecule has 0 spiro atoms. The predicted molar refractivity (Wildman–Crippen MR) is 349 cm³/mol. The Labute approximate surface area is 559 Å². The Kier molecular flexibility index (Phi) is 43.0. The highest BCUT2D eigenvalue weighted by Crippen LogP contribution is 2.14. The largest absolute Gasteiger partial charge is 0.481 e. The van der Waals surface area contributed by atoms with Crippen LogP contribution in [0.15, 0.2) is 84.9 Å². The van der Waals surface area contributed by atoms with Crippen molar-refractivity contribution in [3.63, 3.8) is 0 Å². The Balaban J connectivity index is 1.23. The van der Waals surface area contributed by atoms with Crippen molar-refractivity contribution in [2.45, 2.75) is 140 Å². The highest BCUT2D eigenvalue weighted by molar-refractivity contribution is 5.98. The lowest BCUT2D eigenvalue weighted by Crippen LogP contribution is -2.55. The quantitative estimate of drug-likeness (QED) is 0.0286. The van der Waals surface area contributed by atoms with E-state index in [-0.39, 0.29) is 127 Å². The van der Waals surface area contributed by atoms with E-state index < -0.39 is 78.7 Å². The van der Waals surface area contributed by atoms with Crippen molar-refractivity contribution in [2.75, 3.05) is 104 Å². The first kappa shape index (κ1) is 81.5. The third-order valence-corrected chi connectivity index (χ3v) is 14.2. The summed E-state index contributed by atoms with van der Waals surface area (Å²) >= 11 is 0. The number of aliphatic carboxylic acids is 3. The van der Waals surface area contributed by atoms with Crippen LogP contribution in [0.2, 0.25) is 0 Å². The number of nitrogens with one attached hydrogen (secondary N) is 8. The van der Waals surface area contributed by atoms with E-state index in [0.29, 0.717) is 97.1 Å². The molecule has 0 aliphatic heterocycles. The van der Waals surface area contributed by atoms with Gasteiger partial charge in [0.15, 0.2) is 0 Å². The maximum Gasteiger partial charge on any atom is 0.326 e. The number of carbonyl (C=O) groups excluding carboxylic acids is 9. The molecule has 0 fully saturated rings. The smallest absolute Gasteiger partial charge is 0.326 e. The van der Waals surface area contributed by atoms with Crippen LogP contribution in [-0.4, -0.2) is 209 Å². The van der Waals surface area contributed by atoms with E-state index in [1.54, 1.807) is 12.1 Å². The molecular weight excluding hydrogens is 1250 g/mol. The summed E-state index contributed by atoms with van der Waals surface area (Å²) in [6.45, 7) is 5.46. The maximum absolute atomic E-state index is 14.0. The molecule has 0 saturated carbocycles. The number of carboxylic acids is 3. The minimum Gasteiger partial charge on any atom is -0.481 e. The van der Waals surface area contributed by atoms with Gasteiger partial charge in [-0.25, -0.2) is 14.4 Å². The van der Waals surface area contributed by atoms with E-state index in [9.17, 15) is 67.7 Å². The van der Waals surface area contributed by atoms with Gasteiger partial charge in [0.05, 0.1) is 92.1 Å². The zero-order valence-electron chi connectivity index (χ0n) is 54.7. The third-order valence-electron chi connectivity index (χ3n) is 14.2. The zero-order valence-corrected chi connectivity index (χ0v) is 54.7. The van der Waals surface area contributed by atoms with Crippen LogP contribution in [0, 0.1) is 0 Å². The van der Waals surface area contributed by atoms with E-state index >= 15 is 0 Å². The molecule has 29 nitrogen and oxygen atoms in total. The van der Waals surface area contributed by atoms with E-state index in [0.717, 1.165) is 23.1 Å². The Hall–Kier alpha value is -8.74. The number of aryl methyl sites for hydroxylation is 1. The first-order valence-electron chi connectivity index (χ1n) is 32.4. The number of rotatable bonds is 56. The molecule has 96 heavy (non-hydrogen) atoms. The highest BCUT2D eigenvalue weighted by Gasteiger charge is 2.29. The van der Waals surface area contributed by atoms with Gasteiger partial charge in [-0.1, -0.05) is 92.1 Å². The highest BCUT2D eigenvalue weighted by atomic mass is 16.6. The maximum atomic E-state index is 14.0. The average Bonchev–Trinajstić information content (AvgIpc) is 1.12. The lowest BCUT2D eigenvalue weighted by molar-refractivity contribution is -0.141. The van der Waals surface area contributed by atoms with E-state index in [2.05, 4.69) is 37.2 Å². The van der Waals surface area contributed by atoms with Crippen molar-refractivity contribution in [3.8, 4) is 0 Å². The molecule has 11 N–H and O–H groups in total. The van der Waals surface area contributed by atoms with Crippen molar-refractivity contribution < 1.29 is 101 Å². The number of benzene rings is 3. The van der Waals surface area contributed by atoms with Crippen LogP contribution in [0.5, 0.6) is 0 Å². The Morgan fingerprint density at radius 2 is 0.844 bits per heavy atom. The van der Waals surface area contributed by atoms with Gasteiger partial charge in [0.1, 0.15) is 35.7 Å². The van der Waals surface area contributed by atoms with Crippen LogP contribution in [0.4, 0.5) is 10.5 Å². The predicted octanol–water partition coefficient (Wildman–Crippen LogP) is 2.98. The molecule has 530 valence electrons. The molecule has 29 heteroatoms. The molecule has 0 heterocycles. The summed E-state index contributed by atoms with van der Waals surface area (Å²) in [7, 11) is 0. The zero-order chi connectivity index (χ0) is 70.0. The summed E-state index contributed by atoms with van der Waals surface area (Å²) < 4.78 is 33.1. The van der Waals surface area contributed by atoms with Gasteiger partial charge in [-0.15, -0.1) is 0 Å². The van der Waals surface area contributed by atoms with Crippen LogP contribution in [0.3, 0.4) is 0 Å². The van der Waals surface area contributed by atoms with Gasteiger partial charge < -0.3 is 86.3 Å². The van der Waals surface area contributed by atoms with Crippen LogP contribution in [-0.2, 0) is 100 Å². The summed E-state index contributed by atoms with van der Waals surface area (Å²) in [6.07, 6.45) is 3.21. The molecule has 0 radical (unpaired) electrons. The lowest BCUT2D eigenvalue weighted by atomic mass is 10.0. The normalized spacial score (nSPS) is 12.2. The van der Waals surface area contributed by atoms with Gasteiger partial charge in [0, 0.05) is 70.3 Å². The molecule has 3 aromatic rings. The second-order valence-corrected chi connectivity index (χ2v) is 22.3. The van der Waals surface area contributed by atoms with Gasteiger partial charge >= 0.3 is 23.9 Å². The monoisotopic (exact) mass is 1350 g/mol. The van der Waals surface area contributed by atoms with Crippen LogP contribution in [0.1, 0.15) is 114 Å². The molecule has 0 bridgehead atoms. The molecule has 3 rings (SSSR count). The summed E-state index contributed by atoms with van der Waals surface area (Å²) in [4.78, 5) is 147. The molecule has 0 aromatic heterocycles. The SMILES string of the molecule is CC(=O)CC(=O)CCc1ccc(NC(=O)CCOCCOCCOCCOCCOCCC(=O)NCCOCCNC(=O)[C@H](Cc2ccccc2)NC(=O)[C@H](Cc2ccccc2)NC(=O)CCCCCCCNC(=O)CC[C@H](NC(=O)N[C@@H](CCC(=O)O)C(=O)O)C(=O)O)cc1. The van der Waals surface area contributed by atoms with Crippen LogP contribution < -0.4 is 42.5 Å². The number of unbranched alkanes of at least 4 members (excludes halogenated alkanes) is 4. The molecule has 0 aliphatic rings.